The van der Waals surface area contributed by atoms with Crippen LogP contribution < -0.4 is 0 Å². The van der Waals surface area contributed by atoms with Crippen molar-refractivity contribution in [2.75, 3.05) is 0 Å². The molecule has 0 saturated heterocycles. The van der Waals surface area contributed by atoms with Crippen molar-refractivity contribution in [1.29, 1.82) is 0 Å². The third-order valence-electron chi connectivity index (χ3n) is 9.24. The molecule has 0 heteroatoms. The van der Waals surface area contributed by atoms with E-state index in [1.807, 2.05) is 0 Å². The van der Waals surface area contributed by atoms with Crippen LogP contribution in [0.5, 0.6) is 0 Å². The second-order valence-corrected chi connectivity index (χ2v) is 11.1. The predicted octanol–water partition coefficient (Wildman–Crippen LogP) is 10.2. The van der Waals surface area contributed by atoms with Gasteiger partial charge in [-0.3, -0.25) is 0 Å². The Morgan fingerprint density at radius 1 is 0.325 bits per heavy atom. The lowest BCUT2D eigenvalue weighted by atomic mass is 9.59. The number of rotatable bonds is 2. The Kier molecular flexibility index (Phi) is 4.54. The molecule has 0 amide bonds. The Hall–Kier alpha value is -4.94. The van der Waals surface area contributed by atoms with Crippen molar-refractivity contribution < 1.29 is 0 Å². The minimum atomic E-state index is 0.201. The number of benzene rings is 6. The van der Waals surface area contributed by atoms with E-state index in [0.29, 0.717) is 0 Å². The summed E-state index contributed by atoms with van der Waals surface area (Å²) in [5.41, 5.74) is 16.6. The molecule has 0 fully saturated rings. The Morgan fingerprint density at radius 3 is 1.20 bits per heavy atom. The van der Waals surface area contributed by atoms with Gasteiger partial charge < -0.3 is 0 Å². The molecular formula is C40H26. The second kappa shape index (κ2) is 8.28. The average Bonchev–Trinajstić information content (AvgIpc) is 3.36. The smallest absolute Gasteiger partial charge is 0.0218 e. The van der Waals surface area contributed by atoms with Crippen molar-refractivity contribution in [3.8, 4) is 11.1 Å². The zero-order chi connectivity index (χ0) is 26.2. The number of fused-ring (bicyclic) bond motifs is 9. The summed E-state index contributed by atoms with van der Waals surface area (Å²) in [6, 6.07) is 54.2. The van der Waals surface area contributed by atoms with Gasteiger partial charge in [-0.2, -0.15) is 0 Å². The summed E-state index contributed by atoms with van der Waals surface area (Å²) in [4.78, 5) is 0. The molecule has 2 unspecified atom stereocenters. The molecule has 3 aliphatic rings. The Bertz CT molecular complexity index is 1890. The first-order valence-corrected chi connectivity index (χ1v) is 14.2. The van der Waals surface area contributed by atoms with E-state index in [2.05, 4.69) is 146 Å². The van der Waals surface area contributed by atoms with Crippen molar-refractivity contribution >= 4 is 33.1 Å². The lowest BCUT2D eigenvalue weighted by molar-refractivity contribution is 0.756. The van der Waals surface area contributed by atoms with Gasteiger partial charge >= 0.3 is 0 Å². The van der Waals surface area contributed by atoms with E-state index in [1.165, 1.54) is 77.6 Å². The molecule has 0 bridgehead atoms. The number of hydrogen-bond donors (Lipinski definition) is 0. The van der Waals surface area contributed by atoms with Gasteiger partial charge in [0.05, 0.1) is 0 Å². The molecule has 0 nitrogen and oxygen atoms in total. The van der Waals surface area contributed by atoms with Crippen LogP contribution in [0.2, 0.25) is 0 Å². The molecule has 3 aliphatic carbocycles. The lowest BCUT2D eigenvalue weighted by Crippen LogP contribution is -2.24. The summed E-state index contributed by atoms with van der Waals surface area (Å²) in [7, 11) is 0. The van der Waals surface area contributed by atoms with Gasteiger partial charge in [-0.15, -0.1) is 0 Å². The SMILES string of the molecule is c1ccc(C2=C3C(=C(c4ccccc4)C4c5ccccc5-c5ccccc5C24)c2cccc4cccc3c24)cc1. The molecule has 9 rings (SSSR count). The first-order valence-electron chi connectivity index (χ1n) is 14.2. The largest absolute Gasteiger partial charge is 0.0622 e. The zero-order valence-corrected chi connectivity index (χ0v) is 22.0. The fraction of sp³-hybridized carbons (Fsp3) is 0.0500. The minimum Gasteiger partial charge on any atom is -0.0622 e. The molecule has 0 N–H and O–H groups in total. The summed E-state index contributed by atoms with van der Waals surface area (Å²) >= 11 is 0. The van der Waals surface area contributed by atoms with Gasteiger partial charge in [0.1, 0.15) is 0 Å². The molecule has 0 aliphatic heterocycles. The maximum atomic E-state index is 2.38. The van der Waals surface area contributed by atoms with Crippen molar-refractivity contribution in [2.45, 2.75) is 11.8 Å². The van der Waals surface area contributed by atoms with Gasteiger partial charge in [-0.05, 0) is 77.6 Å². The van der Waals surface area contributed by atoms with Gasteiger partial charge in [0.15, 0.2) is 0 Å². The van der Waals surface area contributed by atoms with Crippen LogP contribution in [-0.2, 0) is 0 Å². The molecule has 6 aromatic carbocycles. The molecule has 0 heterocycles. The van der Waals surface area contributed by atoms with Crippen molar-refractivity contribution in [3.05, 3.63) is 179 Å². The molecule has 0 saturated carbocycles. The van der Waals surface area contributed by atoms with Gasteiger partial charge in [0.2, 0.25) is 0 Å². The average molecular weight is 507 g/mol. The maximum Gasteiger partial charge on any atom is 0.0218 e. The Labute approximate surface area is 234 Å². The predicted molar refractivity (Wildman–Crippen MR) is 168 cm³/mol. The highest BCUT2D eigenvalue weighted by Gasteiger charge is 2.46. The second-order valence-electron chi connectivity index (χ2n) is 11.1. The number of allylic oxidation sites excluding steroid dienone is 4. The van der Waals surface area contributed by atoms with Crippen LogP contribution in [0.1, 0.15) is 45.2 Å². The van der Waals surface area contributed by atoms with E-state index >= 15 is 0 Å². The highest BCUT2D eigenvalue weighted by Crippen LogP contribution is 2.66. The van der Waals surface area contributed by atoms with Crippen LogP contribution in [0.3, 0.4) is 0 Å². The van der Waals surface area contributed by atoms with Gasteiger partial charge in [-0.1, -0.05) is 146 Å². The van der Waals surface area contributed by atoms with E-state index in [9.17, 15) is 0 Å². The van der Waals surface area contributed by atoms with E-state index < -0.39 is 0 Å². The fourth-order valence-corrected chi connectivity index (χ4v) is 7.81. The van der Waals surface area contributed by atoms with Crippen molar-refractivity contribution in [2.24, 2.45) is 0 Å². The monoisotopic (exact) mass is 506 g/mol. The van der Waals surface area contributed by atoms with E-state index in [1.54, 1.807) is 0 Å². The highest BCUT2D eigenvalue weighted by atomic mass is 14.5. The maximum absolute atomic E-state index is 2.38. The molecule has 0 radical (unpaired) electrons. The molecule has 0 spiro atoms. The topological polar surface area (TPSA) is 0 Å². The van der Waals surface area contributed by atoms with Crippen LogP contribution in [0.25, 0.3) is 44.2 Å². The molecular weight excluding hydrogens is 480 g/mol. The third-order valence-corrected chi connectivity index (χ3v) is 9.24. The van der Waals surface area contributed by atoms with Gasteiger partial charge in [-0.25, -0.2) is 0 Å². The van der Waals surface area contributed by atoms with Crippen molar-refractivity contribution in [3.63, 3.8) is 0 Å². The van der Waals surface area contributed by atoms with Crippen LogP contribution in [0.15, 0.2) is 146 Å². The van der Waals surface area contributed by atoms with E-state index in [-0.39, 0.29) is 11.8 Å². The summed E-state index contributed by atoms with van der Waals surface area (Å²) in [5.74, 6) is 0.402. The normalized spacial score (nSPS) is 18.3. The highest BCUT2D eigenvalue weighted by molar-refractivity contribution is 6.34. The van der Waals surface area contributed by atoms with Crippen LogP contribution >= 0.6 is 0 Å². The van der Waals surface area contributed by atoms with Gasteiger partial charge in [0.25, 0.3) is 0 Å². The van der Waals surface area contributed by atoms with Crippen LogP contribution in [0, 0.1) is 0 Å². The third kappa shape index (κ3) is 2.86. The molecule has 186 valence electrons. The number of hydrogen-bond acceptors (Lipinski definition) is 0. The minimum absolute atomic E-state index is 0.201. The molecule has 2 atom stereocenters. The summed E-state index contributed by atoms with van der Waals surface area (Å²) in [6.45, 7) is 0. The molecule has 0 aromatic heterocycles. The zero-order valence-electron chi connectivity index (χ0n) is 22.0. The first-order chi connectivity index (χ1) is 19.9. The first kappa shape index (κ1) is 21.9. The molecule has 40 heavy (non-hydrogen) atoms. The van der Waals surface area contributed by atoms with E-state index in [0.717, 1.165) is 0 Å². The van der Waals surface area contributed by atoms with Crippen molar-refractivity contribution in [1.82, 2.24) is 0 Å². The Morgan fingerprint density at radius 2 is 0.725 bits per heavy atom. The van der Waals surface area contributed by atoms with E-state index in [4.69, 9.17) is 0 Å². The van der Waals surface area contributed by atoms with Gasteiger partial charge in [0, 0.05) is 11.8 Å². The molecule has 6 aromatic rings. The van der Waals surface area contributed by atoms with Crippen LogP contribution in [0.4, 0.5) is 0 Å². The summed E-state index contributed by atoms with van der Waals surface area (Å²) in [6.07, 6.45) is 0. The standard InChI is InChI=1S/C40H26/c1-3-13-26(14-4-1)35-37-30-21-9-7-19-28(30)29-20-8-10-22-31(29)38(37)36(27-15-5-2-6-16-27)40-33-24-12-18-25-17-11-23-32(34(25)33)39(35)40/h1-24,37-38H. The lowest BCUT2D eigenvalue weighted by Gasteiger charge is -2.43. The quantitative estimate of drug-likeness (QED) is 0.219. The summed E-state index contributed by atoms with van der Waals surface area (Å²) < 4.78 is 0. The summed E-state index contributed by atoms with van der Waals surface area (Å²) in [5, 5.41) is 2.70. The van der Waals surface area contributed by atoms with Crippen LogP contribution in [-0.4, -0.2) is 0 Å². The Balaban J connectivity index is 1.53. The fourth-order valence-electron chi connectivity index (χ4n) is 7.81.